The van der Waals surface area contributed by atoms with Crippen LogP contribution in [0.2, 0.25) is 0 Å². The van der Waals surface area contributed by atoms with E-state index >= 15 is 0 Å². The maximum atomic E-state index is 8.91. The average molecular weight is 279 g/mol. The van der Waals surface area contributed by atoms with Gasteiger partial charge in [-0.25, -0.2) is 0 Å². The van der Waals surface area contributed by atoms with Gasteiger partial charge < -0.3 is 5.32 Å². The fraction of sp³-hybridized carbons (Fsp3) is 0.462. The Hall–Kier alpha value is -1.01. The molecule has 0 radical (unpaired) electrons. The van der Waals surface area contributed by atoms with Crippen LogP contribution in [0.3, 0.4) is 0 Å². The molecule has 0 aliphatic heterocycles. The van der Waals surface area contributed by atoms with Crippen molar-refractivity contribution in [3.8, 4) is 6.07 Å². The number of nitriles is 1. The van der Waals surface area contributed by atoms with Gasteiger partial charge in [0.1, 0.15) is 0 Å². The first kappa shape index (κ1) is 11.5. The zero-order valence-corrected chi connectivity index (χ0v) is 11.0. The van der Waals surface area contributed by atoms with Crippen molar-refractivity contribution in [2.24, 2.45) is 0 Å². The lowest BCUT2D eigenvalue weighted by Gasteiger charge is -2.26. The molecule has 0 unspecified atom stereocenters. The van der Waals surface area contributed by atoms with E-state index in [1.54, 1.807) is 0 Å². The van der Waals surface area contributed by atoms with E-state index in [2.05, 4.69) is 34.2 Å². The number of rotatable bonds is 2. The monoisotopic (exact) mass is 278 g/mol. The minimum atomic E-state index is 0.202. The highest BCUT2D eigenvalue weighted by Crippen LogP contribution is 2.33. The topological polar surface area (TPSA) is 35.8 Å². The van der Waals surface area contributed by atoms with Crippen LogP contribution in [0.1, 0.15) is 38.2 Å². The Balaban J connectivity index is 2.21. The van der Waals surface area contributed by atoms with Gasteiger partial charge in [-0.05, 0) is 38.0 Å². The molecule has 1 aliphatic rings. The zero-order valence-electron chi connectivity index (χ0n) is 9.39. The summed E-state index contributed by atoms with van der Waals surface area (Å²) in [5.41, 5.74) is 1.93. The molecule has 0 heterocycles. The van der Waals surface area contributed by atoms with Crippen molar-refractivity contribution >= 4 is 21.6 Å². The van der Waals surface area contributed by atoms with Crippen LogP contribution in [-0.4, -0.2) is 5.54 Å². The lowest BCUT2D eigenvalue weighted by Crippen LogP contribution is -2.30. The quantitative estimate of drug-likeness (QED) is 0.885. The van der Waals surface area contributed by atoms with Gasteiger partial charge in [-0.2, -0.15) is 5.26 Å². The first-order valence-electron chi connectivity index (χ1n) is 5.60. The van der Waals surface area contributed by atoms with Crippen molar-refractivity contribution in [3.05, 3.63) is 28.2 Å². The lowest BCUT2D eigenvalue weighted by atomic mass is 10.00. The summed E-state index contributed by atoms with van der Waals surface area (Å²) in [7, 11) is 0. The van der Waals surface area contributed by atoms with E-state index in [1.165, 1.54) is 25.7 Å². The van der Waals surface area contributed by atoms with E-state index in [1.807, 2.05) is 18.2 Å². The minimum absolute atomic E-state index is 0.202. The molecule has 1 N–H and O–H groups in total. The maximum absolute atomic E-state index is 8.91. The Morgan fingerprint density at radius 1 is 1.31 bits per heavy atom. The molecule has 1 saturated carbocycles. The summed E-state index contributed by atoms with van der Waals surface area (Å²) in [6.07, 6.45) is 5.01. The second kappa shape index (κ2) is 4.47. The number of nitrogens with one attached hydrogen (secondary N) is 1. The van der Waals surface area contributed by atoms with E-state index in [4.69, 9.17) is 5.26 Å². The van der Waals surface area contributed by atoms with Crippen molar-refractivity contribution in [2.75, 3.05) is 5.32 Å². The van der Waals surface area contributed by atoms with Crippen molar-refractivity contribution in [3.63, 3.8) is 0 Å². The maximum Gasteiger partial charge on any atom is 0.0992 e. The van der Waals surface area contributed by atoms with Crippen LogP contribution in [0.5, 0.6) is 0 Å². The first-order valence-corrected chi connectivity index (χ1v) is 6.39. The molecule has 0 bridgehead atoms. The number of halogens is 1. The Morgan fingerprint density at radius 3 is 2.62 bits per heavy atom. The average Bonchev–Trinajstić information content (AvgIpc) is 2.63. The zero-order chi connectivity index (χ0) is 11.6. The summed E-state index contributed by atoms with van der Waals surface area (Å²) >= 11 is 3.43. The normalized spacial score (nSPS) is 18.1. The van der Waals surface area contributed by atoms with Crippen LogP contribution >= 0.6 is 15.9 Å². The Kier molecular flexibility index (Phi) is 3.20. The molecule has 1 aromatic rings. The molecule has 84 valence electrons. The van der Waals surface area contributed by atoms with E-state index in [0.717, 1.165) is 10.2 Å². The van der Waals surface area contributed by atoms with Crippen LogP contribution in [0.15, 0.2) is 22.7 Å². The molecular formula is C13H15BrN2. The molecule has 2 rings (SSSR count). The predicted octanol–water partition coefficient (Wildman–Crippen LogP) is 4.07. The number of anilines is 1. The third kappa shape index (κ3) is 2.56. The lowest BCUT2D eigenvalue weighted by molar-refractivity contribution is 0.533. The Bertz CT molecular complexity index is 428. The SMILES string of the molecule is CC1(Nc2cc(Br)cc(C#N)c2)CCCC1. The Labute approximate surface area is 105 Å². The molecule has 3 heteroatoms. The number of hydrogen-bond donors (Lipinski definition) is 1. The van der Waals surface area contributed by atoms with Crippen molar-refractivity contribution in [1.29, 1.82) is 5.26 Å². The summed E-state index contributed by atoms with van der Waals surface area (Å²) in [6.45, 7) is 2.26. The van der Waals surface area contributed by atoms with Crippen LogP contribution in [0.4, 0.5) is 5.69 Å². The largest absolute Gasteiger partial charge is 0.380 e. The molecule has 0 amide bonds. The van der Waals surface area contributed by atoms with Gasteiger partial charge in [-0.1, -0.05) is 28.8 Å². The van der Waals surface area contributed by atoms with Crippen molar-refractivity contribution in [1.82, 2.24) is 0 Å². The first-order chi connectivity index (χ1) is 7.61. The Morgan fingerprint density at radius 2 is 2.00 bits per heavy atom. The number of hydrogen-bond acceptors (Lipinski definition) is 2. The molecular weight excluding hydrogens is 264 g/mol. The van der Waals surface area contributed by atoms with Gasteiger partial charge in [0.25, 0.3) is 0 Å². The van der Waals surface area contributed by atoms with Gasteiger partial charge in [0, 0.05) is 15.7 Å². The highest BCUT2D eigenvalue weighted by Gasteiger charge is 2.28. The second-order valence-corrected chi connectivity index (χ2v) is 5.65. The van der Waals surface area contributed by atoms with E-state index in [9.17, 15) is 0 Å². The van der Waals surface area contributed by atoms with E-state index in [0.29, 0.717) is 5.56 Å². The molecule has 16 heavy (non-hydrogen) atoms. The molecule has 0 aromatic heterocycles. The predicted molar refractivity (Wildman–Crippen MR) is 69.4 cm³/mol. The van der Waals surface area contributed by atoms with Crippen molar-refractivity contribution in [2.45, 2.75) is 38.1 Å². The molecule has 2 nitrogen and oxygen atoms in total. The summed E-state index contributed by atoms with van der Waals surface area (Å²) in [5, 5.41) is 12.5. The second-order valence-electron chi connectivity index (χ2n) is 4.73. The fourth-order valence-corrected chi connectivity index (χ4v) is 2.85. The number of benzene rings is 1. The van der Waals surface area contributed by atoms with E-state index in [-0.39, 0.29) is 5.54 Å². The van der Waals surface area contributed by atoms with Crippen molar-refractivity contribution < 1.29 is 0 Å². The molecule has 1 aromatic carbocycles. The van der Waals surface area contributed by atoms with Crippen LogP contribution in [0.25, 0.3) is 0 Å². The van der Waals surface area contributed by atoms with Crippen LogP contribution < -0.4 is 5.32 Å². The molecule has 1 aliphatic carbocycles. The molecule has 1 fully saturated rings. The van der Waals surface area contributed by atoms with E-state index < -0.39 is 0 Å². The van der Waals surface area contributed by atoms with Crippen LogP contribution in [0, 0.1) is 11.3 Å². The van der Waals surface area contributed by atoms with Gasteiger partial charge in [-0.3, -0.25) is 0 Å². The van der Waals surface area contributed by atoms with Crippen LogP contribution in [-0.2, 0) is 0 Å². The van der Waals surface area contributed by atoms with Gasteiger partial charge >= 0.3 is 0 Å². The fourth-order valence-electron chi connectivity index (χ4n) is 2.36. The summed E-state index contributed by atoms with van der Waals surface area (Å²) in [5.74, 6) is 0. The van der Waals surface area contributed by atoms with Gasteiger partial charge in [0.15, 0.2) is 0 Å². The highest BCUT2D eigenvalue weighted by molar-refractivity contribution is 9.10. The summed E-state index contributed by atoms with van der Waals surface area (Å²) in [6, 6.07) is 7.95. The summed E-state index contributed by atoms with van der Waals surface area (Å²) < 4.78 is 0.954. The highest BCUT2D eigenvalue weighted by atomic mass is 79.9. The number of nitrogens with zero attached hydrogens (tertiary/aromatic N) is 1. The third-order valence-corrected chi connectivity index (χ3v) is 3.64. The van der Waals surface area contributed by atoms with Gasteiger partial charge in [0.2, 0.25) is 0 Å². The third-order valence-electron chi connectivity index (χ3n) is 3.18. The smallest absolute Gasteiger partial charge is 0.0992 e. The molecule has 0 atom stereocenters. The minimum Gasteiger partial charge on any atom is -0.380 e. The molecule has 0 spiro atoms. The van der Waals surface area contributed by atoms with Gasteiger partial charge in [-0.15, -0.1) is 0 Å². The standard InChI is InChI=1S/C13H15BrN2/c1-13(4-2-3-5-13)16-12-7-10(9-15)6-11(14)8-12/h6-8,16H,2-5H2,1H3. The van der Waals surface area contributed by atoms with Gasteiger partial charge in [0.05, 0.1) is 11.6 Å². The summed E-state index contributed by atoms with van der Waals surface area (Å²) in [4.78, 5) is 0. The molecule has 0 saturated heterocycles.